The number of nitrogens with two attached hydrogens (primary N) is 1. The van der Waals surface area contributed by atoms with Gasteiger partial charge in [-0.25, -0.2) is 0 Å². The summed E-state index contributed by atoms with van der Waals surface area (Å²) >= 11 is 1.63. The first kappa shape index (κ1) is 19.2. The van der Waals surface area contributed by atoms with E-state index in [0.717, 1.165) is 0 Å². The Balaban J connectivity index is 0.00000264. The van der Waals surface area contributed by atoms with E-state index >= 15 is 0 Å². The maximum atomic E-state index is 12.0. The molecule has 0 aliphatic rings. The minimum absolute atomic E-state index is 0. The van der Waals surface area contributed by atoms with Crippen LogP contribution < -0.4 is 16.4 Å². The summed E-state index contributed by atoms with van der Waals surface area (Å²) < 4.78 is 0. The van der Waals surface area contributed by atoms with E-state index in [9.17, 15) is 9.59 Å². The molecule has 4 N–H and O–H groups in total. The number of thiophene rings is 1. The summed E-state index contributed by atoms with van der Waals surface area (Å²) in [7, 11) is 0. The van der Waals surface area contributed by atoms with Crippen molar-refractivity contribution >= 4 is 41.2 Å². The zero-order chi connectivity index (χ0) is 15.8. The van der Waals surface area contributed by atoms with Crippen LogP contribution in [0.15, 0.2) is 41.8 Å². The molecule has 0 saturated heterocycles. The molecule has 2 rings (SSSR count). The fraction of sp³-hybridized carbons (Fsp3) is 0.250. The molecule has 0 bridgehead atoms. The monoisotopic (exact) mass is 353 g/mol. The van der Waals surface area contributed by atoms with E-state index < -0.39 is 0 Å². The van der Waals surface area contributed by atoms with Crippen molar-refractivity contribution in [3.63, 3.8) is 0 Å². The lowest BCUT2D eigenvalue weighted by Crippen LogP contribution is -2.30. The summed E-state index contributed by atoms with van der Waals surface area (Å²) in [5.74, 6) is -0.341. The Labute approximate surface area is 145 Å². The van der Waals surface area contributed by atoms with Crippen molar-refractivity contribution < 1.29 is 9.59 Å². The van der Waals surface area contributed by atoms with Crippen molar-refractivity contribution in [1.29, 1.82) is 0 Å². The molecule has 23 heavy (non-hydrogen) atoms. The molecule has 2 aromatic rings. The second kappa shape index (κ2) is 9.99. The first-order chi connectivity index (χ1) is 10.7. The molecule has 2 amide bonds. The average molecular weight is 354 g/mol. The van der Waals surface area contributed by atoms with Crippen LogP contribution in [0.4, 0.5) is 5.69 Å². The summed E-state index contributed by atoms with van der Waals surface area (Å²) in [5.41, 5.74) is 6.34. The topological polar surface area (TPSA) is 84.2 Å². The van der Waals surface area contributed by atoms with Gasteiger partial charge in [-0.2, -0.15) is 0 Å². The zero-order valence-corrected chi connectivity index (χ0v) is 14.2. The Hall–Kier alpha value is -1.89. The first-order valence-electron chi connectivity index (χ1n) is 7.10. The second-order valence-electron chi connectivity index (χ2n) is 4.72. The molecule has 0 atom stereocenters. The number of rotatable bonds is 7. The van der Waals surface area contributed by atoms with Gasteiger partial charge >= 0.3 is 0 Å². The predicted octanol–water partition coefficient (Wildman–Crippen LogP) is 2.43. The molecule has 1 aromatic carbocycles. The Bertz CT molecular complexity index is 632. The molecule has 0 fully saturated rings. The number of para-hydroxylation sites is 1. The molecule has 5 nitrogen and oxygen atoms in total. The van der Waals surface area contributed by atoms with Gasteiger partial charge in [0.15, 0.2) is 0 Å². The summed E-state index contributed by atoms with van der Waals surface area (Å²) in [4.78, 5) is 25.2. The number of halogens is 1. The van der Waals surface area contributed by atoms with E-state index in [4.69, 9.17) is 5.73 Å². The molecular formula is C16H20ClN3O2S. The quantitative estimate of drug-likeness (QED) is 0.714. The standard InChI is InChI=1S/C16H19N3O2S.ClH/c17-9-10-18-16(21)13-5-1-2-6-14(13)19-15(20)8-7-12-4-3-11-22-12;/h1-6,11H,7-10,17H2,(H,18,21)(H,19,20);1H. The van der Waals surface area contributed by atoms with Crippen LogP contribution >= 0.6 is 23.7 Å². The highest BCUT2D eigenvalue weighted by Gasteiger charge is 2.12. The van der Waals surface area contributed by atoms with Gasteiger partial charge in [-0.3, -0.25) is 9.59 Å². The van der Waals surface area contributed by atoms with Gasteiger partial charge in [0.2, 0.25) is 5.91 Å². The van der Waals surface area contributed by atoms with Gasteiger partial charge < -0.3 is 16.4 Å². The number of nitrogens with one attached hydrogen (secondary N) is 2. The van der Waals surface area contributed by atoms with Crippen molar-refractivity contribution in [2.75, 3.05) is 18.4 Å². The van der Waals surface area contributed by atoms with Gasteiger partial charge in [0, 0.05) is 24.4 Å². The van der Waals surface area contributed by atoms with Crippen LogP contribution in [0.2, 0.25) is 0 Å². The number of benzene rings is 1. The molecule has 124 valence electrons. The average Bonchev–Trinajstić information content (AvgIpc) is 3.04. The van der Waals surface area contributed by atoms with Crippen LogP contribution in [0.25, 0.3) is 0 Å². The lowest BCUT2D eigenvalue weighted by Gasteiger charge is -2.11. The smallest absolute Gasteiger partial charge is 0.253 e. The molecule has 1 heterocycles. The third-order valence-corrected chi connectivity index (χ3v) is 3.99. The second-order valence-corrected chi connectivity index (χ2v) is 5.75. The highest BCUT2D eigenvalue weighted by atomic mass is 35.5. The SMILES string of the molecule is Cl.NCCNC(=O)c1ccccc1NC(=O)CCc1cccs1. The van der Waals surface area contributed by atoms with Gasteiger partial charge in [-0.15, -0.1) is 23.7 Å². The third kappa shape index (κ3) is 6.02. The fourth-order valence-electron chi connectivity index (χ4n) is 1.98. The highest BCUT2D eigenvalue weighted by Crippen LogP contribution is 2.16. The largest absolute Gasteiger partial charge is 0.351 e. The lowest BCUT2D eigenvalue weighted by atomic mass is 10.1. The Kier molecular flexibility index (Phi) is 8.32. The molecule has 0 aliphatic heterocycles. The maximum Gasteiger partial charge on any atom is 0.253 e. The first-order valence-corrected chi connectivity index (χ1v) is 7.98. The van der Waals surface area contributed by atoms with E-state index in [1.54, 1.807) is 35.6 Å². The molecule has 0 saturated carbocycles. The minimum Gasteiger partial charge on any atom is -0.351 e. The highest BCUT2D eigenvalue weighted by molar-refractivity contribution is 7.09. The number of hydrogen-bond donors (Lipinski definition) is 3. The van der Waals surface area contributed by atoms with Crippen LogP contribution in [-0.2, 0) is 11.2 Å². The Morgan fingerprint density at radius 2 is 1.91 bits per heavy atom. The lowest BCUT2D eigenvalue weighted by molar-refractivity contribution is -0.116. The van der Waals surface area contributed by atoms with Gasteiger partial charge in [0.05, 0.1) is 11.3 Å². The molecule has 0 aliphatic carbocycles. The van der Waals surface area contributed by atoms with E-state index in [-0.39, 0.29) is 24.2 Å². The number of carbonyl (C=O) groups is 2. The van der Waals surface area contributed by atoms with Crippen LogP contribution in [-0.4, -0.2) is 24.9 Å². The van der Waals surface area contributed by atoms with Crippen LogP contribution in [0.3, 0.4) is 0 Å². The zero-order valence-electron chi connectivity index (χ0n) is 12.6. The van der Waals surface area contributed by atoms with E-state index in [2.05, 4.69) is 10.6 Å². The summed E-state index contributed by atoms with van der Waals surface area (Å²) in [6.45, 7) is 0.778. The number of amides is 2. The summed E-state index contributed by atoms with van der Waals surface area (Å²) in [5, 5.41) is 7.50. The van der Waals surface area contributed by atoms with Crippen molar-refractivity contribution in [3.05, 3.63) is 52.2 Å². The van der Waals surface area contributed by atoms with Crippen molar-refractivity contribution in [1.82, 2.24) is 5.32 Å². The minimum atomic E-state index is -0.236. The fourth-order valence-corrected chi connectivity index (χ4v) is 2.68. The normalized spacial score (nSPS) is 9.78. The van der Waals surface area contributed by atoms with E-state index in [0.29, 0.717) is 37.2 Å². The third-order valence-electron chi connectivity index (χ3n) is 3.05. The van der Waals surface area contributed by atoms with Gasteiger partial charge in [0.1, 0.15) is 0 Å². The van der Waals surface area contributed by atoms with Crippen LogP contribution in [0.5, 0.6) is 0 Å². The van der Waals surface area contributed by atoms with Crippen molar-refractivity contribution in [3.8, 4) is 0 Å². The van der Waals surface area contributed by atoms with E-state index in [1.807, 2.05) is 17.5 Å². The molecule has 1 aromatic heterocycles. The molecule has 0 unspecified atom stereocenters. The molecule has 0 radical (unpaired) electrons. The van der Waals surface area contributed by atoms with Gasteiger partial charge in [0.25, 0.3) is 5.91 Å². The van der Waals surface area contributed by atoms with Gasteiger partial charge in [-0.05, 0) is 30.0 Å². The Morgan fingerprint density at radius 3 is 2.61 bits per heavy atom. The summed E-state index contributed by atoms with van der Waals surface area (Å²) in [6.07, 6.45) is 1.09. The number of aryl methyl sites for hydroxylation is 1. The van der Waals surface area contributed by atoms with Crippen LogP contribution in [0, 0.1) is 0 Å². The van der Waals surface area contributed by atoms with Crippen molar-refractivity contribution in [2.45, 2.75) is 12.8 Å². The maximum absolute atomic E-state index is 12.0. The molecule has 0 spiro atoms. The van der Waals surface area contributed by atoms with Crippen LogP contribution in [0.1, 0.15) is 21.7 Å². The van der Waals surface area contributed by atoms with Crippen molar-refractivity contribution in [2.24, 2.45) is 5.73 Å². The molecule has 7 heteroatoms. The predicted molar refractivity (Wildman–Crippen MR) is 96.3 cm³/mol. The number of hydrogen-bond acceptors (Lipinski definition) is 4. The number of anilines is 1. The van der Waals surface area contributed by atoms with Gasteiger partial charge in [-0.1, -0.05) is 18.2 Å². The summed E-state index contributed by atoms with van der Waals surface area (Å²) in [6, 6.07) is 10.9. The Morgan fingerprint density at radius 1 is 1.13 bits per heavy atom. The molecular weight excluding hydrogens is 334 g/mol. The number of carbonyl (C=O) groups excluding carboxylic acids is 2. The van der Waals surface area contributed by atoms with E-state index in [1.165, 1.54) is 4.88 Å².